The van der Waals surface area contributed by atoms with Crippen molar-refractivity contribution in [1.29, 1.82) is 0 Å². The van der Waals surface area contributed by atoms with E-state index < -0.39 is 0 Å². The smallest absolute Gasteiger partial charge is 0.161 e. The SMILES string of the molecule is CCOC1C(OC)c2cc(C(C)C)c(O)c(O)c2[C@@]2(C)CCCC(C)(C)C12. The molecule has 4 atom stereocenters. The number of methoxy groups -OCH3 is 1. The molecule has 4 nitrogen and oxygen atoms in total. The number of hydrogen-bond acceptors (Lipinski definition) is 4. The summed E-state index contributed by atoms with van der Waals surface area (Å²) in [6.45, 7) is 13.6. The maximum absolute atomic E-state index is 11.1. The van der Waals surface area contributed by atoms with Crippen LogP contribution < -0.4 is 0 Å². The Morgan fingerprint density at radius 1 is 1.15 bits per heavy atom. The molecule has 1 saturated carbocycles. The molecule has 0 spiro atoms. The lowest BCUT2D eigenvalue weighted by Crippen LogP contribution is -2.57. The van der Waals surface area contributed by atoms with E-state index in [0.717, 1.165) is 36.0 Å². The highest BCUT2D eigenvalue weighted by atomic mass is 16.5. The van der Waals surface area contributed by atoms with Gasteiger partial charge in [-0.3, -0.25) is 0 Å². The Kier molecular flexibility index (Phi) is 5.28. The summed E-state index contributed by atoms with van der Waals surface area (Å²) in [6, 6.07) is 2.04. The summed E-state index contributed by atoms with van der Waals surface area (Å²) >= 11 is 0. The van der Waals surface area contributed by atoms with E-state index in [1.54, 1.807) is 7.11 Å². The average Bonchev–Trinajstić information content (AvgIpc) is 2.56. The molecular formula is C23H36O4. The van der Waals surface area contributed by atoms with Crippen LogP contribution in [0.5, 0.6) is 11.5 Å². The molecule has 0 bridgehead atoms. The molecule has 0 heterocycles. The number of rotatable bonds is 4. The minimum Gasteiger partial charge on any atom is -0.504 e. The summed E-state index contributed by atoms with van der Waals surface area (Å²) in [6.07, 6.45) is 2.88. The minimum atomic E-state index is -0.261. The molecule has 2 aliphatic carbocycles. The van der Waals surface area contributed by atoms with Gasteiger partial charge in [0.05, 0.1) is 6.10 Å². The average molecular weight is 377 g/mol. The van der Waals surface area contributed by atoms with Gasteiger partial charge in [-0.2, -0.15) is 0 Å². The molecule has 152 valence electrons. The molecule has 0 amide bonds. The van der Waals surface area contributed by atoms with Crippen LogP contribution in [0.1, 0.15) is 89.5 Å². The van der Waals surface area contributed by atoms with E-state index in [0.29, 0.717) is 6.61 Å². The quantitative estimate of drug-likeness (QED) is 0.690. The zero-order chi connectivity index (χ0) is 20.1. The van der Waals surface area contributed by atoms with Crippen molar-refractivity contribution in [3.8, 4) is 11.5 Å². The van der Waals surface area contributed by atoms with Crippen LogP contribution in [0.4, 0.5) is 0 Å². The number of fused-ring (bicyclic) bond motifs is 3. The number of ether oxygens (including phenoxy) is 2. The minimum absolute atomic E-state index is 0.0248. The van der Waals surface area contributed by atoms with Gasteiger partial charge in [0.25, 0.3) is 0 Å². The van der Waals surface area contributed by atoms with E-state index in [1.165, 1.54) is 0 Å². The van der Waals surface area contributed by atoms with Gasteiger partial charge in [0.15, 0.2) is 11.5 Å². The summed E-state index contributed by atoms with van der Waals surface area (Å²) in [7, 11) is 1.72. The first-order valence-electron chi connectivity index (χ1n) is 10.3. The molecule has 27 heavy (non-hydrogen) atoms. The lowest BCUT2D eigenvalue weighted by molar-refractivity contribution is -0.151. The van der Waals surface area contributed by atoms with Crippen LogP contribution in [0.25, 0.3) is 0 Å². The fraction of sp³-hybridized carbons (Fsp3) is 0.739. The van der Waals surface area contributed by atoms with Crippen molar-refractivity contribution >= 4 is 0 Å². The van der Waals surface area contributed by atoms with E-state index in [-0.39, 0.29) is 46.4 Å². The molecule has 1 aromatic carbocycles. The summed E-state index contributed by atoms with van der Waals surface area (Å²) in [5.41, 5.74) is 2.40. The molecular weight excluding hydrogens is 340 g/mol. The number of phenols is 2. The topological polar surface area (TPSA) is 58.9 Å². The molecule has 0 saturated heterocycles. The van der Waals surface area contributed by atoms with Crippen molar-refractivity contribution < 1.29 is 19.7 Å². The maximum atomic E-state index is 11.1. The monoisotopic (exact) mass is 376 g/mol. The summed E-state index contributed by atoms with van der Waals surface area (Å²) < 4.78 is 12.3. The first kappa shape index (κ1) is 20.5. The second kappa shape index (κ2) is 6.97. The van der Waals surface area contributed by atoms with Gasteiger partial charge in [-0.05, 0) is 42.7 Å². The van der Waals surface area contributed by atoms with Crippen LogP contribution in [0.2, 0.25) is 0 Å². The van der Waals surface area contributed by atoms with Crippen LogP contribution >= 0.6 is 0 Å². The Bertz CT molecular complexity index is 709. The van der Waals surface area contributed by atoms with Gasteiger partial charge in [-0.15, -0.1) is 0 Å². The lowest BCUT2D eigenvalue weighted by atomic mass is 9.48. The molecule has 4 heteroatoms. The van der Waals surface area contributed by atoms with Gasteiger partial charge < -0.3 is 19.7 Å². The van der Waals surface area contributed by atoms with Crippen LogP contribution in [-0.2, 0) is 14.9 Å². The highest BCUT2D eigenvalue weighted by Crippen LogP contribution is 2.63. The predicted molar refractivity (Wildman–Crippen MR) is 107 cm³/mol. The Labute approximate surface area is 163 Å². The Morgan fingerprint density at radius 2 is 1.81 bits per heavy atom. The Morgan fingerprint density at radius 3 is 2.37 bits per heavy atom. The summed E-state index contributed by atoms with van der Waals surface area (Å²) in [4.78, 5) is 0. The van der Waals surface area contributed by atoms with Crippen molar-refractivity contribution in [3.05, 3.63) is 22.8 Å². The van der Waals surface area contributed by atoms with Crippen molar-refractivity contribution in [3.63, 3.8) is 0 Å². The van der Waals surface area contributed by atoms with E-state index >= 15 is 0 Å². The van der Waals surface area contributed by atoms with E-state index in [2.05, 4.69) is 20.8 Å². The van der Waals surface area contributed by atoms with Crippen LogP contribution in [0.15, 0.2) is 6.07 Å². The molecule has 2 aliphatic rings. The van der Waals surface area contributed by atoms with Gasteiger partial charge in [-0.25, -0.2) is 0 Å². The van der Waals surface area contributed by atoms with Gasteiger partial charge in [0.1, 0.15) is 6.10 Å². The highest BCUT2D eigenvalue weighted by Gasteiger charge is 2.58. The van der Waals surface area contributed by atoms with Gasteiger partial charge >= 0.3 is 0 Å². The third kappa shape index (κ3) is 2.96. The normalized spacial score (nSPS) is 32.2. The molecule has 0 aliphatic heterocycles. The van der Waals surface area contributed by atoms with Crippen molar-refractivity contribution in [2.45, 2.75) is 84.3 Å². The fourth-order valence-electron chi connectivity index (χ4n) is 6.13. The molecule has 1 aromatic rings. The number of benzene rings is 1. The van der Waals surface area contributed by atoms with Crippen LogP contribution in [-0.4, -0.2) is 30.0 Å². The summed E-state index contributed by atoms with van der Waals surface area (Å²) in [5, 5.41) is 21.9. The number of aromatic hydroxyl groups is 2. The fourth-order valence-corrected chi connectivity index (χ4v) is 6.13. The predicted octanol–water partition coefficient (Wildman–Crippen LogP) is 5.41. The molecule has 3 rings (SSSR count). The standard InChI is InChI=1S/C23H36O4/c1-8-27-20-19(26-7)15-12-14(13(2)3)17(24)18(25)16(15)23(6)11-9-10-22(4,5)21(20)23/h12-13,19-21,24-25H,8-11H2,1-7H3/t19?,20?,21?,23-/m1/s1. The number of phenolic OH excluding ortho intramolecular Hbond substituents is 2. The Hall–Kier alpha value is -1.26. The first-order chi connectivity index (χ1) is 12.6. The van der Waals surface area contributed by atoms with E-state index in [4.69, 9.17) is 9.47 Å². The van der Waals surface area contributed by atoms with Gasteiger partial charge in [0, 0.05) is 36.2 Å². The third-order valence-corrected chi connectivity index (χ3v) is 7.12. The zero-order valence-electron chi connectivity index (χ0n) is 17.9. The molecule has 2 N–H and O–H groups in total. The molecule has 1 fully saturated rings. The van der Waals surface area contributed by atoms with Crippen LogP contribution in [0, 0.1) is 11.3 Å². The van der Waals surface area contributed by atoms with Crippen molar-refractivity contribution in [2.75, 3.05) is 13.7 Å². The molecule has 0 aromatic heterocycles. The van der Waals surface area contributed by atoms with E-state index in [9.17, 15) is 10.2 Å². The molecule has 3 unspecified atom stereocenters. The zero-order valence-corrected chi connectivity index (χ0v) is 17.9. The lowest BCUT2D eigenvalue weighted by Gasteiger charge is -2.58. The van der Waals surface area contributed by atoms with Crippen LogP contribution in [0.3, 0.4) is 0 Å². The van der Waals surface area contributed by atoms with E-state index in [1.807, 2.05) is 26.8 Å². The van der Waals surface area contributed by atoms with Gasteiger partial charge in [0.2, 0.25) is 0 Å². The summed E-state index contributed by atoms with van der Waals surface area (Å²) in [5.74, 6) is 0.374. The molecule has 0 radical (unpaired) electrons. The second-order valence-corrected chi connectivity index (χ2v) is 9.60. The second-order valence-electron chi connectivity index (χ2n) is 9.60. The van der Waals surface area contributed by atoms with Crippen molar-refractivity contribution in [2.24, 2.45) is 11.3 Å². The first-order valence-corrected chi connectivity index (χ1v) is 10.3. The highest BCUT2D eigenvalue weighted by molar-refractivity contribution is 5.60. The third-order valence-electron chi connectivity index (χ3n) is 7.12. The largest absolute Gasteiger partial charge is 0.504 e. The number of hydrogen-bond donors (Lipinski definition) is 2. The Balaban J connectivity index is 2.34. The van der Waals surface area contributed by atoms with Gasteiger partial charge in [-0.1, -0.05) is 41.0 Å². The van der Waals surface area contributed by atoms with Crippen molar-refractivity contribution in [1.82, 2.24) is 0 Å². The maximum Gasteiger partial charge on any atom is 0.161 e.